The number of carbonyl (C=O) groups is 1. The molecular weight excluding hydrogens is 202 g/mol. The van der Waals surface area contributed by atoms with Gasteiger partial charge in [0, 0.05) is 5.70 Å². The lowest BCUT2D eigenvalue weighted by Gasteiger charge is -2.13. The molecule has 0 saturated carbocycles. The average Bonchev–Trinajstić information content (AvgIpc) is 2.28. The number of allylic oxidation sites excluding steroid dienone is 1. The molecule has 86 valence electrons. The van der Waals surface area contributed by atoms with E-state index < -0.39 is 0 Å². The fourth-order valence-electron chi connectivity index (χ4n) is 1.47. The summed E-state index contributed by atoms with van der Waals surface area (Å²) < 4.78 is 5.07. The third-order valence-electron chi connectivity index (χ3n) is 2.21. The molecule has 0 aliphatic rings. The maximum absolute atomic E-state index is 10.8. The molecule has 0 aliphatic carbocycles. The Morgan fingerprint density at radius 1 is 1.50 bits per heavy atom. The fourth-order valence-corrected chi connectivity index (χ4v) is 1.47. The van der Waals surface area contributed by atoms with Crippen molar-refractivity contribution in [2.45, 2.75) is 19.4 Å². The van der Waals surface area contributed by atoms with Crippen molar-refractivity contribution < 1.29 is 9.53 Å². The van der Waals surface area contributed by atoms with E-state index >= 15 is 0 Å². The van der Waals surface area contributed by atoms with Crippen LogP contribution in [0.4, 0.5) is 0 Å². The van der Waals surface area contributed by atoms with Crippen molar-refractivity contribution in [3.8, 4) is 5.75 Å². The van der Waals surface area contributed by atoms with E-state index in [1.165, 1.54) is 0 Å². The summed E-state index contributed by atoms with van der Waals surface area (Å²) in [5, 5.41) is 3.01. The Kier molecular flexibility index (Phi) is 4.58. The van der Waals surface area contributed by atoms with Crippen LogP contribution in [-0.2, 0) is 11.2 Å². The molecule has 3 nitrogen and oxygen atoms in total. The number of nitrogens with one attached hydrogen (secondary N) is 1. The molecule has 1 unspecified atom stereocenters. The van der Waals surface area contributed by atoms with Crippen LogP contribution in [0.5, 0.6) is 5.75 Å². The zero-order valence-corrected chi connectivity index (χ0v) is 9.69. The third kappa shape index (κ3) is 3.77. The molecule has 1 aromatic carbocycles. The predicted octanol–water partition coefficient (Wildman–Crippen LogP) is 1.93. The van der Waals surface area contributed by atoms with Gasteiger partial charge in [-0.3, -0.25) is 0 Å². The first kappa shape index (κ1) is 12.3. The van der Waals surface area contributed by atoms with E-state index in [0.29, 0.717) is 6.42 Å². The summed E-state index contributed by atoms with van der Waals surface area (Å²) in [4.78, 5) is 10.8. The normalized spacial score (nSPS) is 11.6. The largest absolute Gasteiger partial charge is 0.497 e. The average molecular weight is 219 g/mol. The highest BCUT2D eigenvalue weighted by molar-refractivity contribution is 5.59. The van der Waals surface area contributed by atoms with Gasteiger partial charge in [-0.05, 0) is 31.0 Å². The fraction of sp³-hybridized carbons (Fsp3) is 0.308. The highest BCUT2D eigenvalue weighted by Gasteiger charge is 2.07. The van der Waals surface area contributed by atoms with Crippen LogP contribution in [0.15, 0.2) is 36.5 Å². The second-order valence-electron chi connectivity index (χ2n) is 3.72. The van der Waals surface area contributed by atoms with Crippen LogP contribution in [0, 0.1) is 0 Å². The van der Waals surface area contributed by atoms with Crippen molar-refractivity contribution in [1.82, 2.24) is 5.32 Å². The molecule has 0 aromatic heterocycles. The first-order valence-electron chi connectivity index (χ1n) is 5.16. The molecule has 0 spiro atoms. The first-order valence-corrected chi connectivity index (χ1v) is 5.16. The van der Waals surface area contributed by atoms with Crippen LogP contribution < -0.4 is 10.1 Å². The van der Waals surface area contributed by atoms with Gasteiger partial charge in [-0.25, -0.2) is 0 Å². The monoisotopic (exact) mass is 219 g/mol. The summed E-state index contributed by atoms with van der Waals surface area (Å²) in [7, 11) is 1.63. The molecule has 1 N–H and O–H groups in total. The highest BCUT2D eigenvalue weighted by Crippen LogP contribution is 2.12. The molecule has 1 rings (SSSR count). The second kappa shape index (κ2) is 5.95. The molecule has 1 atom stereocenters. The Balaban J connectivity index is 2.63. The van der Waals surface area contributed by atoms with Crippen LogP contribution in [-0.4, -0.2) is 19.4 Å². The van der Waals surface area contributed by atoms with Crippen LogP contribution >= 0.6 is 0 Å². The Morgan fingerprint density at radius 3 is 2.56 bits per heavy atom. The Morgan fingerprint density at radius 2 is 2.12 bits per heavy atom. The van der Waals surface area contributed by atoms with Gasteiger partial charge in [-0.15, -0.1) is 0 Å². The van der Waals surface area contributed by atoms with E-state index in [9.17, 15) is 4.79 Å². The molecule has 0 heterocycles. The third-order valence-corrected chi connectivity index (χ3v) is 2.21. The smallest absolute Gasteiger partial charge is 0.142 e. The minimum atomic E-state index is -0.217. The van der Waals surface area contributed by atoms with Gasteiger partial charge >= 0.3 is 0 Å². The predicted molar refractivity (Wildman–Crippen MR) is 64.5 cm³/mol. The summed E-state index contributed by atoms with van der Waals surface area (Å²) >= 11 is 0. The maximum atomic E-state index is 10.8. The maximum Gasteiger partial charge on any atom is 0.142 e. The van der Waals surface area contributed by atoms with Gasteiger partial charge in [0.2, 0.25) is 0 Å². The molecule has 0 amide bonds. The molecule has 0 saturated heterocycles. The van der Waals surface area contributed by atoms with Gasteiger partial charge in [0.15, 0.2) is 0 Å². The lowest BCUT2D eigenvalue weighted by Crippen LogP contribution is -2.30. The minimum absolute atomic E-state index is 0.217. The Labute approximate surface area is 96.1 Å². The molecular formula is C13H17NO2. The van der Waals surface area contributed by atoms with Gasteiger partial charge in [0.25, 0.3) is 0 Å². The Bertz CT molecular complexity index is 357. The highest BCUT2D eigenvalue weighted by atomic mass is 16.5. The minimum Gasteiger partial charge on any atom is -0.497 e. The molecule has 0 radical (unpaired) electrons. The number of carbonyl (C=O) groups excluding carboxylic acids is 1. The van der Waals surface area contributed by atoms with Crippen molar-refractivity contribution in [3.05, 3.63) is 42.1 Å². The number of methoxy groups -OCH3 is 1. The number of rotatable bonds is 6. The summed E-state index contributed by atoms with van der Waals surface area (Å²) in [5.74, 6) is 0.819. The molecule has 0 fully saturated rings. The zero-order chi connectivity index (χ0) is 12.0. The van der Waals surface area contributed by atoms with Crippen LogP contribution in [0.3, 0.4) is 0 Å². The molecule has 16 heavy (non-hydrogen) atoms. The summed E-state index contributed by atoms with van der Waals surface area (Å²) in [6.07, 6.45) is 1.55. The van der Waals surface area contributed by atoms with Crippen LogP contribution in [0.1, 0.15) is 12.5 Å². The lowest BCUT2D eigenvalue weighted by atomic mass is 10.1. The van der Waals surface area contributed by atoms with Crippen molar-refractivity contribution in [1.29, 1.82) is 0 Å². The summed E-state index contributed by atoms with van der Waals surface area (Å²) in [6, 6.07) is 7.46. The van der Waals surface area contributed by atoms with Gasteiger partial charge in [-0.2, -0.15) is 0 Å². The van der Waals surface area contributed by atoms with Crippen LogP contribution in [0.2, 0.25) is 0 Å². The number of ether oxygens (including phenoxy) is 1. The topological polar surface area (TPSA) is 38.3 Å². The lowest BCUT2D eigenvalue weighted by molar-refractivity contribution is -0.109. The number of benzene rings is 1. The number of aldehydes is 1. The van der Waals surface area contributed by atoms with Gasteiger partial charge in [0.05, 0.1) is 13.2 Å². The van der Waals surface area contributed by atoms with E-state index in [1.54, 1.807) is 7.11 Å². The van der Waals surface area contributed by atoms with E-state index in [2.05, 4.69) is 11.9 Å². The Hall–Kier alpha value is -1.77. The van der Waals surface area contributed by atoms with Crippen LogP contribution in [0.25, 0.3) is 0 Å². The standard InChI is InChI=1S/C13H17NO2/c1-10(2)14-12(9-15)8-11-4-6-13(16-3)7-5-11/h4-7,9,12,14H,1,8H2,2-3H3. The SMILES string of the molecule is C=C(C)NC(C=O)Cc1ccc(OC)cc1. The second-order valence-corrected chi connectivity index (χ2v) is 3.72. The van der Waals surface area contributed by atoms with E-state index in [4.69, 9.17) is 4.74 Å². The summed E-state index contributed by atoms with van der Waals surface area (Å²) in [6.45, 7) is 5.56. The van der Waals surface area contributed by atoms with Gasteiger partial charge < -0.3 is 14.8 Å². The van der Waals surface area contributed by atoms with Crippen molar-refractivity contribution in [2.75, 3.05) is 7.11 Å². The van der Waals surface area contributed by atoms with Gasteiger partial charge in [0.1, 0.15) is 12.0 Å². The van der Waals surface area contributed by atoms with Crippen molar-refractivity contribution >= 4 is 6.29 Å². The molecule has 1 aromatic rings. The van der Waals surface area contributed by atoms with Gasteiger partial charge in [-0.1, -0.05) is 18.7 Å². The van der Waals surface area contributed by atoms with Crippen molar-refractivity contribution in [2.24, 2.45) is 0 Å². The number of hydrogen-bond acceptors (Lipinski definition) is 3. The summed E-state index contributed by atoms with van der Waals surface area (Å²) in [5.41, 5.74) is 1.89. The molecule has 0 bridgehead atoms. The molecule has 0 aliphatic heterocycles. The first-order chi connectivity index (χ1) is 7.65. The van der Waals surface area contributed by atoms with E-state index in [1.807, 2.05) is 31.2 Å². The van der Waals surface area contributed by atoms with E-state index in [0.717, 1.165) is 23.3 Å². The van der Waals surface area contributed by atoms with Crippen molar-refractivity contribution in [3.63, 3.8) is 0 Å². The number of hydrogen-bond donors (Lipinski definition) is 1. The van der Waals surface area contributed by atoms with E-state index in [-0.39, 0.29) is 6.04 Å². The quantitative estimate of drug-likeness (QED) is 0.743. The zero-order valence-electron chi connectivity index (χ0n) is 9.69. The molecule has 3 heteroatoms.